The highest BCUT2D eigenvalue weighted by molar-refractivity contribution is 7.98. The lowest BCUT2D eigenvalue weighted by Crippen LogP contribution is -1.95. The second-order valence-corrected chi connectivity index (χ2v) is 4.65. The number of benzene rings is 1. The number of fused-ring (bicyclic) bond motifs is 1. The molecule has 0 aliphatic rings. The third-order valence-electron chi connectivity index (χ3n) is 2.14. The zero-order valence-corrected chi connectivity index (χ0v) is 9.24. The Morgan fingerprint density at radius 1 is 1.57 bits per heavy atom. The second-order valence-electron chi connectivity index (χ2n) is 2.86. The lowest BCUT2D eigenvalue weighted by atomic mass is 10.1. The van der Waals surface area contributed by atoms with Gasteiger partial charge in [0.25, 0.3) is 0 Å². The van der Waals surface area contributed by atoms with Crippen molar-refractivity contribution >= 4 is 45.2 Å². The van der Waals surface area contributed by atoms with E-state index in [-0.39, 0.29) is 0 Å². The highest BCUT2D eigenvalue weighted by Gasteiger charge is 2.10. The molecular weight excluding hydrogens is 214 g/mol. The highest BCUT2D eigenvalue weighted by atomic mass is 32.2. The summed E-state index contributed by atoms with van der Waals surface area (Å²) in [5, 5.41) is 2.97. The second kappa shape index (κ2) is 3.63. The number of thiophene rings is 1. The van der Waals surface area contributed by atoms with Crippen LogP contribution >= 0.6 is 23.1 Å². The van der Waals surface area contributed by atoms with Crippen LogP contribution in [0.4, 0.5) is 5.69 Å². The summed E-state index contributed by atoms with van der Waals surface area (Å²) >= 11 is 3.19. The van der Waals surface area contributed by atoms with Crippen molar-refractivity contribution in [3.63, 3.8) is 0 Å². The third-order valence-corrected chi connectivity index (χ3v) is 3.78. The molecule has 0 atom stereocenters. The Hall–Kier alpha value is -1.00. The van der Waals surface area contributed by atoms with Gasteiger partial charge in [-0.05, 0) is 23.8 Å². The number of rotatable bonds is 2. The minimum Gasteiger partial charge on any atom is -0.398 e. The van der Waals surface area contributed by atoms with Gasteiger partial charge in [-0.3, -0.25) is 4.79 Å². The van der Waals surface area contributed by atoms with E-state index in [2.05, 4.69) is 0 Å². The van der Waals surface area contributed by atoms with Crippen LogP contribution < -0.4 is 5.73 Å². The molecule has 1 aromatic carbocycles. The first-order valence-corrected chi connectivity index (χ1v) is 6.17. The first-order valence-electron chi connectivity index (χ1n) is 4.06. The molecule has 0 bridgehead atoms. The third kappa shape index (κ3) is 1.31. The van der Waals surface area contributed by atoms with Crippen LogP contribution in [0.3, 0.4) is 0 Å². The fourth-order valence-corrected chi connectivity index (χ4v) is 2.95. The Kier molecular flexibility index (Phi) is 2.48. The number of thioether (sulfide) groups is 1. The summed E-state index contributed by atoms with van der Waals surface area (Å²) in [6, 6.07) is 3.97. The van der Waals surface area contributed by atoms with Gasteiger partial charge in [0.2, 0.25) is 0 Å². The molecule has 1 heterocycles. The summed E-state index contributed by atoms with van der Waals surface area (Å²) in [6.07, 6.45) is 2.78. The lowest BCUT2D eigenvalue weighted by molar-refractivity contribution is 0.112. The van der Waals surface area contributed by atoms with Crippen molar-refractivity contribution in [2.45, 2.75) is 4.90 Å². The number of hydrogen-bond donors (Lipinski definition) is 1. The monoisotopic (exact) mass is 223 g/mol. The molecule has 1 aromatic heterocycles. The smallest absolute Gasteiger partial charge is 0.153 e. The van der Waals surface area contributed by atoms with Crippen LogP contribution in [0.5, 0.6) is 0 Å². The van der Waals surface area contributed by atoms with E-state index >= 15 is 0 Å². The molecule has 0 unspecified atom stereocenters. The number of nitrogen functional groups attached to an aromatic ring is 1. The molecule has 0 aliphatic heterocycles. The standard InChI is InChI=1S/C10H9NOS2/c1-13-8-4-9-6(2-3-14-9)10(11)7(8)5-12/h2-5H,11H2,1H3. The topological polar surface area (TPSA) is 43.1 Å². The maximum Gasteiger partial charge on any atom is 0.153 e. The van der Waals surface area contributed by atoms with E-state index in [0.29, 0.717) is 11.3 Å². The van der Waals surface area contributed by atoms with Crippen molar-refractivity contribution in [2.24, 2.45) is 0 Å². The summed E-state index contributed by atoms with van der Waals surface area (Å²) in [5.74, 6) is 0. The SMILES string of the molecule is CSc1cc2sccc2c(N)c1C=O. The van der Waals surface area contributed by atoms with E-state index in [1.807, 2.05) is 23.8 Å². The van der Waals surface area contributed by atoms with E-state index < -0.39 is 0 Å². The molecule has 0 amide bonds. The normalized spacial score (nSPS) is 10.6. The van der Waals surface area contributed by atoms with Crippen LogP contribution in [0.15, 0.2) is 22.4 Å². The van der Waals surface area contributed by atoms with Gasteiger partial charge in [-0.15, -0.1) is 23.1 Å². The maximum absolute atomic E-state index is 10.9. The molecule has 72 valence electrons. The van der Waals surface area contributed by atoms with E-state index in [4.69, 9.17) is 5.73 Å². The highest BCUT2D eigenvalue weighted by Crippen LogP contribution is 2.34. The first kappa shape index (κ1) is 9.55. The molecule has 2 N–H and O–H groups in total. The van der Waals surface area contributed by atoms with Crippen LogP contribution in [0.25, 0.3) is 10.1 Å². The molecular formula is C10H9NOS2. The van der Waals surface area contributed by atoms with Crippen LogP contribution in [0, 0.1) is 0 Å². The number of carbonyl (C=O) groups is 1. The maximum atomic E-state index is 10.9. The van der Waals surface area contributed by atoms with E-state index in [9.17, 15) is 4.79 Å². The molecule has 2 nitrogen and oxygen atoms in total. The average Bonchev–Trinajstić information content (AvgIpc) is 2.65. The minimum absolute atomic E-state index is 0.600. The fourth-order valence-electron chi connectivity index (χ4n) is 1.42. The zero-order valence-electron chi connectivity index (χ0n) is 7.61. The first-order chi connectivity index (χ1) is 6.77. The van der Waals surface area contributed by atoms with Crippen molar-refractivity contribution in [1.29, 1.82) is 0 Å². The Balaban J connectivity index is 2.85. The number of aldehydes is 1. The van der Waals surface area contributed by atoms with Crippen LogP contribution in [0.1, 0.15) is 10.4 Å². The van der Waals surface area contributed by atoms with Crippen molar-refractivity contribution in [2.75, 3.05) is 12.0 Å². The van der Waals surface area contributed by atoms with E-state index in [0.717, 1.165) is 21.3 Å². The van der Waals surface area contributed by atoms with E-state index in [1.165, 1.54) is 0 Å². The summed E-state index contributed by atoms with van der Waals surface area (Å²) in [4.78, 5) is 11.8. The molecule has 0 saturated heterocycles. The molecule has 2 aromatic rings. The van der Waals surface area contributed by atoms with Gasteiger partial charge in [0.1, 0.15) is 0 Å². The summed E-state index contributed by atoms with van der Waals surface area (Å²) in [5.41, 5.74) is 7.13. The zero-order chi connectivity index (χ0) is 10.1. The van der Waals surface area contributed by atoms with Crippen molar-refractivity contribution in [3.05, 3.63) is 23.1 Å². The van der Waals surface area contributed by atoms with Crippen LogP contribution in [-0.2, 0) is 0 Å². The predicted molar refractivity (Wildman–Crippen MR) is 63.4 cm³/mol. The van der Waals surface area contributed by atoms with Gasteiger partial charge in [0, 0.05) is 15.0 Å². The average molecular weight is 223 g/mol. The molecule has 0 saturated carbocycles. The van der Waals surface area contributed by atoms with Crippen molar-refractivity contribution < 1.29 is 4.79 Å². The molecule has 0 aliphatic carbocycles. The Labute approximate surface area is 90.1 Å². The Bertz CT molecular complexity index is 490. The van der Waals surface area contributed by atoms with Crippen molar-refractivity contribution in [1.82, 2.24) is 0 Å². The molecule has 4 heteroatoms. The number of anilines is 1. The number of nitrogens with two attached hydrogens (primary N) is 1. The van der Waals surface area contributed by atoms with Gasteiger partial charge < -0.3 is 5.73 Å². The Morgan fingerprint density at radius 3 is 3.00 bits per heavy atom. The van der Waals surface area contributed by atoms with Crippen LogP contribution in [0.2, 0.25) is 0 Å². The van der Waals surface area contributed by atoms with E-state index in [1.54, 1.807) is 23.1 Å². The van der Waals surface area contributed by atoms with Gasteiger partial charge in [0.05, 0.1) is 11.3 Å². The summed E-state index contributed by atoms with van der Waals surface area (Å²) in [6.45, 7) is 0. The van der Waals surface area contributed by atoms with Gasteiger partial charge in [0.15, 0.2) is 6.29 Å². The molecule has 0 radical (unpaired) electrons. The summed E-state index contributed by atoms with van der Waals surface area (Å²) < 4.78 is 1.14. The van der Waals surface area contributed by atoms with Gasteiger partial charge >= 0.3 is 0 Å². The fraction of sp³-hybridized carbons (Fsp3) is 0.100. The molecule has 14 heavy (non-hydrogen) atoms. The van der Waals surface area contributed by atoms with Crippen molar-refractivity contribution in [3.8, 4) is 0 Å². The van der Waals surface area contributed by atoms with Gasteiger partial charge in [-0.2, -0.15) is 0 Å². The minimum atomic E-state index is 0.600. The largest absolute Gasteiger partial charge is 0.398 e. The predicted octanol–water partition coefficient (Wildman–Crippen LogP) is 3.02. The van der Waals surface area contributed by atoms with Gasteiger partial charge in [-0.25, -0.2) is 0 Å². The Morgan fingerprint density at radius 2 is 2.36 bits per heavy atom. The molecule has 2 rings (SSSR count). The summed E-state index contributed by atoms with van der Waals surface area (Å²) in [7, 11) is 0. The van der Waals surface area contributed by atoms with Gasteiger partial charge in [-0.1, -0.05) is 0 Å². The number of hydrogen-bond acceptors (Lipinski definition) is 4. The number of carbonyl (C=O) groups excluding carboxylic acids is 1. The molecule has 0 spiro atoms. The van der Waals surface area contributed by atoms with Crippen LogP contribution in [-0.4, -0.2) is 12.5 Å². The lowest BCUT2D eigenvalue weighted by Gasteiger charge is -2.05. The quantitative estimate of drug-likeness (QED) is 0.483. The molecule has 0 fully saturated rings.